The van der Waals surface area contributed by atoms with Gasteiger partial charge in [0.2, 0.25) is 0 Å². The van der Waals surface area contributed by atoms with Crippen LogP contribution in [0.2, 0.25) is 0 Å². The van der Waals surface area contributed by atoms with E-state index in [4.69, 9.17) is 4.74 Å². The van der Waals surface area contributed by atoms with Crippen LogP contribution in [0.4, 0.5) is 4.79 Å². The van der Waals surface area contributed by atoms with Crippen LogP contribution in [-0.4, -0.2) is 17.0 Å². The van der Waals surface area contributed by atoms with Crippen molar-refractivity contribution in [2.24, 2.45) is 0 Å². The Balaban J connectivity index is 1.41. The fourth-order valence-electron chi connectivity index (χ4n) is 2.95. The van der Waals surface area contributed by atoms with Crippen LogP contribution in [0, 0.1) is 0 Å². The summed E-state index contributed by atoms with van der Waals surface area (Å²) >= 11 is 2.97. The summed E-state index contributed by atoms with van der Waals surface area (Å²) in [5.41, 5.74) is 1.81. The van der Waals surface area contributed by atoms with Crippen LogP contribution in [0.1, 0.15) is 22.0 Å². The minimum absolute atomic E-state index is 0.0163. The van der Waals surface area contributed by atoms with Gasteiger partial charge < -0.3 is 15.2 Å². The van der Waals surface area contributed by atoms with Crippen LogP contribution >= 0.6 is 23.1 Å². The van der Waals surface area contributed by atoms with Crippen LogP contribution in [-0.2, 0) is 18.0 Å². The summed E-state index contributed by atoms with van der Waals surface area (Å²) in [6.07, 6.45) is 0. The highest BCUT2D eigenvalue weighted by Crippen LogP contribution is 2.38. The number of carbonyl (C=O) groups is 2. The van der Waals surface area contributed by atoms with E-state index >= 15 is 0 Å². The van der Waals surface area contributed by atoms with Crippen LogP contribution in [0.3, 0.4) is 0 Å². The Morgan fingerprint density at radius 1 is 1.03 bits per heavy atom. The van der Waals surface area contributed by atoms with Gasteiger partial charge in [0, 0.05) is 9.79 Å². The topological polar surface area (TPSA) is 87.7 Å². The van der Waals surface area contributed by atoms with E-state index in [0.717, 1.165) is 31.5 Å². The van der Waals surface area contributed by atoms with Crippen molar-refractivity contribution < 1.29 is 19.4 Å². The average molecular weight is 427 g/mol. The predicted molar refractivity (Wildman–Crippen MR) is 111 cm³/mol. The minimum atomic E-state index is -0.640. The summed E-state index contributed by atoms with van der Waals surface area (Å²) in [6.45, 7) is 0.367. The van der Waals surface area contributed by atoms with E-state index < -0.39 is 12.1 Å². The van der Waals surface area contributed by atoms with Crippen molar-refractivity contribution in [3.63, 3.8) is 0 Å². The lowest BCUT2D eigenvalue weighted by Gasteiger charge is -2.11. The molecular weight excluding hydrogens is 408 g/mol. The van der Waals surface area contributed by atoms with E-state index in [2.05, 4.69) is 10.6 Å². The number of ether oxygens (including phenoxy) is 1. The molecule has 2 aromatic carbocycles. The van der Waals surface area contributed by atoms with Gasteiger partial charge in [0.25, 0.3) is 5.91 Å². The largest absolute Gasteiger partial charge is 0.489 e. The molecule has 1 atom stereocenters. The van der Waals surface area contributed by atoms with E-state index in [-0.39, 0.29) is 12.5 Å². The Bertz CT molecular complexity index is 1030. The highest BCUT2D eigenvalue weighted by atomic mass is 32.2. The molecule has 1 saturated heterocycles. The van der Waals surface area contributed by atoms with E-state index in [1.54, 1.807) is 0 Å². The summed E-state index contributed by atoms with van der Waals surface area (Å²) < 4.78 is 5.84. The zero-order valence-electron chi connectivity index (χ0n) is 15.3. The first kappa shape index (κ1) is 19.5. The number of imide groups is 1. The Labute approximate surface area is 175 Å². The first-order valence-electron chi connectivity index (χ1n) is 8.91. The number of aliphatic hydroxyl groups is 1. The van der Waals surface area contributed by atoms with Gasteiger partial charge in [-0.2, -0.15) is 0 Å². The Hall–Kier alpha value is -2.81. The maximum absolute atomic E-state index is 11.9. The van der Waals surface area contributed by atoms with Crippen molar-refractivity contribution in [2.45, 2.75) is 29.0 Å². The molecule has 148 valence electrons. The summed E-state index contributed by atoms with van der Waals surface area (Å²) in [7, 11) is 0. The molecular formula is C21H18N2O4S2. The van der Waals surface area contributed by atoms with Crippen molar-refractivity contribution in [1.29, 1.82) is 0 Å². The number of thiophene rings is 1. The van der Waals surface area contributed by atoms with Crippen molar-refractivity contribution in [3.8, 4) is 5.75 Å². The molecule has 3 amide bonds. The van der Waals surface area contributed by atoms with Crippen LogP contribution < -0.4 is 15.4 Å². The van der Waals surface area contributed by atoms with Crippen molar-refractivity contribution in [2.75, 3.05) is 0 Å². The van der Waals surface area contributed by atoms with Gasteiger partial charge in [0.05, 0.1) is 11.5 Å². The van der Waals surface area contributed by atoms with Crippen molar-refractivity contribution in [1.82, 2.24) is 10.6 Å². The highest BCUT2D eigenvalue weighted by molar-refractivity contribution is 7.99. The SMILES string of the molecule is O=C1NC(=O)C(c2sccc2Sc2ccc(OCc3ccccc3CO)cc2)N1. The zero-order chi connectivity index (χ0) is 20.2. The molecule has 0 radical (unpaired) electrons. The quantitative estimate of drug-likeness (QED) is 0.500. The lowest BCUT2D eigenvalue weighted by molar-refractivity contribution is -0.120. The van der Waals surface area contributed by atoms with Crippen LogP contribution in [0.5, 0.6) is 5.75 Å². The highest BCUT2D eigenvalue weighted by Gasteiger charge is 2.33. The molecule has 2 heterocycles. The monoisotopic (exact) mass is 426 g/mol. The fourth-order valence-corrected chi connectivity index (χ4v) is 5.02. The Morgan fingerprint density at radius 3 is 2.48 bits per heavy atom. The third-order valence-electron chi connectivity index (χ3n) is 4.43. The summed E-state index contributed by atoms with van der Waals surface area (Å²) in [4.78, 5) is 26.1. The van der Waals surface area contributed by atoms with E-state index in [1.807, 2.05) is 60.0 Å². The van der Waals surface area contributed by atoms with Gasteiger partial charge in [0.1, 0.15) is 18.4 Å². The average Bonchev–Trinajstić information content (AvgIpc) is 3.32. The Morgan fingerprint density at radius 2 is 1.79 bits per heavy atom. The number of urea groups is 1. The Kier molecular flexibility index (Phi) is 5.84. The molecule has 6 nitrogen and oxygen atoms in total. The molecule has 3 aromatic rings. The standard InChI is InChI=1S/C21H18N2O4S2/c24-11-13-3-1-2-4-14(13)12-27-15-5-7-16(8-6-15)29-17-9-10-28-19(17)18-20(25)23-21(26)22-18/h1-10,18,24H,11-12H2,(H2,22,23,25,26). The smallest absolute Gasteiger partial charge is 0.322 e. The molecule has 1 aliphatic heterocycles. The van der Waals surface area contributed by atoms with Crippen LogP contribution in [0.15, 0.2) is 69.8 Å². The number of nitrogens with one attached hydrogen (secondary N) is 2. The summed E-state index contributed by atoms with van der Waals surface area (Å²) in [5, 5.41) is 16.2. The molecule has 1 aromatic heterocycles. The third kappa shape index (κ3) is 4.45. The van der Waals surface area contributed by atoms with Gasteiger partial charge in [0.15, 0.2) is 0 Å². The lowest BCUT2D eigenvalue weighted by Crippen LogP contribution is -2.22. The molecule has 3 N–H and O–H groups in total. The van der Waals surface area contributed by atoms with Gasteiger partial charge in [-0.25, -0.2) is 4.79 Å². The zero-order valence-corrected chi connectivity index (χ0v) is 16.9. The van der Waals surface area contributed by atoms with E-state index in [9.17, 15) is 14.7 Å². The van der Waals surface area contributed by atoms with Crippen LogP contribution in [0.25, 0.3) is 0 Å². The van der Waals surface area contributed by atoms with Gasteiger partial charge in [-0.05, 0) is 46.8 Å². The number of hydrogen-bond acceptors (Lipinski definition) is 6. The predicted octanol–water partition coefficient (Wildman–Crippen LogP) is 3.85. The molecule has 0 saturated carbocycles. The number of hydrogen-bond donors (Lipinski definition) is 3. The number of rotatable bonds is 7. The molecule has 29 heavy (non-hydrogen) atoms. The molecule has 0 spiro atoms. The number of carbonyl (C=O) groups excluding carboxylic acids is 2. The molecule has 1 aliphatic rings. The second-order valence-electron chi connectivity index (χ2n) is 6.33. The maximum Gasteiger partial charge on any atom is 0.322 e. The number of benzene rings is 2. The van der Waals surface area contributed by atoms with E-state index in [1.165, 1.54) is 23.1 Å². The number of aliphatic hydroxyl groups excluding tert-OH is 1. The second kappa shape index (κ2) is 8.69. The van der Waals surface area contributed by atoms with E-state index in [0.29, 0.717) is 6.61 Å². The second-order valence-corrected chi connectivity index (χ2v) is 8.40. The van der Waals surface area contributed by atoms with Gasteiger partial charge >= 0.3 is 6.03 Å². The number of amides is 3. The lowest BCUT2D eigenvalue weighted by atomic mass is 10.1. The maximum atomic E-state index is 11.9. The molecule has 0 aliphatic carbocycles. The van der Waals surface area contributed by atoms with Gasteiger partial charge in [-0.15, -0.1) is 11.3 Å². The first-order valence-corrected chi connectivity index (χ1v) is 10.6. The fraction of sp³-hybridized carbons (Fsp3) is 0.143. The van der Waals surface area contributed by atoms with Gasteiger partial charge in [-0.3, -0.25) is 10.1 Å². The van der Waals surface area contributed by atoms with Crippen molar-refractivity contribution >= 4 is 35.0 Å². The first-order chi connectivity index (χ1) is 14.1. The molecule has 8 heteroatoms. The molecule has 0 bridgehead atoms. The summed E-state index contributed by atoms with van der Waals surface area (Å²) in [5.74, 6) is 0.404. The van der Waals surface area contributed by atoms with Crippen molar-refractivity contribution in [3.05, 3.63) is 76.0 Å². The normalized spacial score (nSPS) is 15.8. The molecule has 1 fully saturated rings. The molecule has 1 unspecified atom stereocenters. The summed E-state index contributed by atoms with van der Waals surface area (Å²) in [6, 6.07) is 16.1. The third-order valence-corrected chi connectivity index (χ3v) is 6.62. The minimum Gasteiger partial charge on any atom is -0.489 e. The van der Waals surface area contributed by atoms with Gasteiger partial charge in [-0.1, -0.05) is 36.0 Å². The molecule has 4 rings (SSSR count).